The number of para-hydroxylation sites is 1. The van der Waals surface area contributed by atoms with Crippen molar-refractivity contribution < 1.29 is 17.9 Å². The minimum Gasteiger partial charge on any atom is -0.378 e. The van der Waals surface area contributed by atoms with E-state index in [0.29, 0.717) is 31.9 Å². The third-order valence-corrected chi connectivity index (χ3v) is 7.14. The van der Waals surface area contributed by atoms with Gasteiger partial charge in [0.05, 0.1) is 18.1 Å². The fraction of sp³-hybridized carbons (Fsp3) is 0.350. The van der Waals surface area contributed by atoms with Crippen LogP contribution in [0.1, 0.15) is 22.8 Å². The summed E-state index contributed by atoms with van der Waals surface area (Å²) in [6.07, 6.45) is 0.811. The molecule has 0 aliphatic carbocycles. The normalized spacial score (nSPS) is 20.5. The molecule has 142 valence electrons. The van der Waals surface area contributed by atoms with Crippen molar-refractivity contribution in [1.82, 2.24) is 4.31 Å². The summed E-state index contributed by atoms with van der Waals surface area (Å²) in [7, 11) is -3.67. The highest BCUT2D eigenvalue weighted by Gasteiger charge is 2.32. The average molecular weight is 386 g/mol. The second kappa shape index (κ2) is 7.07. The van der Waals surface area contributed by atoms with Crippen molar-refractivity contribution in [2.24, 2.45) is 0 Å². The van der Waals surface area contributed by atoms with Crippen molar-refractivity contribution in [3.8, 4) is 0 Å². The number of hydrogen-bond acceptors (Lipinski definition) is 4. The topological polar surface area (TPSA) is 66.9 Å². The number of sulfonamides is 1. The van der Waals surface area contributed by atoms with Gasteiger partial charge in [-0.05, 0) is 43.2 Å². The molecule has 1 saturated heterocycles. The molecule has 2 heterocycles. The van der Waals surface area contributed by atoms with E-state index in [0.717, 1.165) is 17.7 Å². The van der Waals surface area contributed by atoms with Crippen molar-refractivity contribution in [3.63, 3.8) is 0 Å². The largest absolute Gasteiger partial charge is 0.378 e. The molecule has 0 N–H and O–H groups in total. The van der Waals surface area contributed by atoms with Gasteiger partial charge in [0, 0.05) is 30.4 Å². The van der Waals surface area contributed by atoms with E-state index >= 15 is 0 Å². The second-order valence-corrected chi connectivity index (χ2v) is 8.79. The molecule has 1 fully saturated rings. The summed E-state index contributed by atoms with van der Waals surface area (Å²) in [5, 5.41) is 0. The van der Waals surface area contributed by atoms with E-state index in [2.05, 4.69) is 0 Å². The van der Waals surface area contributed by atoms with E-state index in [9.17, 15) is 13.2 Å². The minimum atomic E-state index is -3.67. The third-order valence-electron chi connectivity index (χ3n) is 5.13. The zero-order valence-corrected chi connectivity index (χ0v) is 16.0. The Kier molecular flexibility index (Phi) is 4.75. The van der Waals surface area contributed by atoms with Crippen LogP contribution in [0, 0.1) is 0 Å². The zero-order valence-electron chi connectivity index (χ0n) is 15.2. The quantitative estimate of drug-likeness (QED) is 0.812. The van der Waals surface area contributed by atoms with E-state index in [4.69, 9.17) is 4.74 Å². The number of fused-ring (bicyclic) bond motifs is 1. The highest BCUT2D eigenvalue weighted by molar-refractivity contribution is 7.89. The van der Waals surface area contributed by atoms with Gasteiger partial charge in [0.25, 0.3) is 5.91 Å². The van der Waals surface area contributed by atoms with Gasteiger partial charge in [-0.25, -0.2) is 8.42 Å². The molecule has 0 bridgehead atoms. The Hall–Kier alpha value is -2.22. The number of morpholine rings is 1. The van der Waals surface area contributed by atoms with Crippen LogP contribution < -0.4 is 4.90 Å². The molecule has 0 saturated carbocycles. The van der Waals surface area contributed by atoms with Gasteiger partial charge in [-0.2, -0.15) is 4.31 Å². The first-order valence-corrected chi connectivity index (χ1v) is 10.5. The molecule has 7 heteroatoms. The molecular formula is C20H22N2O4S. The van der Waals surface area contributed by atoms with Crippen LogP contribution >= 0.6 is 0 Å². The van der Waals surface area contributed by atoms with E-state index in [-0.39, 0.29) is 16.8 Å². The molecule has 2 aliphatic rings. The van der Waals surface area contributed by atoms with E-state index in [1.54, 1.807) is 23.1 Å². The van der Waals surface area contributed by atoms with Crippen molar-refractivity contribution in [2.75, 3.05) is 31.2 Å². The summed E-state index contributed by atoms with van der Waals surface area (Å²) < 4.78 is 32.9. The lowest BCUT2D eigenvalue weighted by atomic mass is 10.1. The molecule has 6 nitrogen and oxygen atoms in total. The molecule has 27 heavy (non-hydrogen) atoms. The fourth-order valence-electron chi connectivity index (χ4n) is 3.70. The SMILES string of the molecule is CC1COCCN1S(=O)(=O)c1cccc(C(=O)N2CCc3ccccc32)c1. The number of nitrogens with zero attached hydrogens (tertiary/aromatic N) is 2. The summed E-state index contributed by atoms with van der Waals surface area (Å²) >= 11 is 0. The van der Waals surface area contributed by atoms with Crippen molar-refractivity contribution >= 4 is 21.6 Å². The standard InChI is InChI=1S/C20H22N2O4S/c1-15-14-26-12-11-22(15)27(24,25)18-7-4-6-17(13-18)20(23)21-10-9-16-5-2-3-8-19(16)21/h2-8,13,15H,9-12,14H2,1H3. The maximum atomic E-state index is 13.0. The Balaban J connectivity index is 1.64. The Bertz CT molecular complexity index is 973. The number of benzene rings is 2. The van der Waals surface area contributed by atoms with Crippen LogP contribution in [0.2, 0.25) is 0 Å². The minimum absolute atomic E-state index is 0.148. The Morgan fingerprint density at radius 2 is 1.93 bits per heavy atom. The number of rotatable bonds is 3. The lowest BCUT2D eigenvalue weighted by molar-refractivity contribution is 0.0393. The number of ether oxygens (including phenoxy) is 1. The lowest BCUT2D eigenvalue weighted by Crippen LogP contribution is -2.46. The summed E-state index contributed by atoms with van der Waals surface area (Å²) in [5.74, 6) is -0.174. The average Bonchev–Trinajstić information content (AvgIpc) is 3.12. The summed E-state index contributed by atoms with van der Waals surface area (Å²) in [4.78, 5) is 14.9. The monoisotopic (exact) mass is 386 g/mol. The molecule has 1 amide bonds. The summed E-state index contributed by atoms with van der Waals surface area (Å²) in [5.41, 5.74) is 2.42. The molecule has 0 spiro atoms. The van der Waals surface area contributed by atoms with Gasteiger partial charge in [0.2, 0.25) is 10.0 Å². The number of carbonyl (C=O) groups excluding carboxylic acids is 1. The summed E-state index contributed by atoms with van der Waals surface area (Å²) in [6.45, 7) is 3.51. The first kappa shape index (κ1) is 18.2. The number of amides is 1. The van der Waals surface area contributed by atoms with Gasteiger partial charge in [0.1, 0.15) is 0 Å². The smallest absolute Gasteiger partial charge is 0.258 e. The first-order valence-electron chi connectivity index (χ1n) is 9.08. The number of hydrogen-bond donors (Lipinski definition) is 0. The van der Waals surface area contributed by atoms with Crippen molar-refractivity contribution in [1.29, 1.82) is 0 Å². The molecule has 1 atom stereocenters. The molecule has 2 aliphatic heterocycles. The predicted octanol–water partition coefficient (Wildman–Crippen LogP) is 2.30. The molecule has 2 aromatic carbocycles. The zero-order chi connectivity index (χ0) is 19.0. The molecule has 4 rings (SSSR count). The highest BCUT2D eigenvalue weighted by atomic mass is 32.2. The van der Waals surface area contributed by atoms with E-state index < -0.39 is 10.0 Å². The van der Waals surface area contributed by atoms with Crippen LogP contribution in [-0.4, -0.2) is 51.0 Å². The maximum Gasteiger partial charge on any atom is 0.258 e. The van der Waals surface area contributed by atoms with Gasteiger partial charge in [0.15, 0.2) is 0 Å². The van der Waals surface area contributed by atoms with Crippen LogP contribution in [-0.2, 0) is 21.2 Å². The van der Waals surface area contributed by atoms with E-state index in [1.165, 1.54) is 10.4 Å². The predicted molar refractivity (Wildman–Crippen MR) is 102 cm³/mol. The van der Waals surface area contributed by atoms with Gasteiger partial charge in [-0.3, -0.25) is 4.79 Å². The fourth-order valence-corrected chi connectivity index (χ4v) is 5.35. The lowest BCUT2D eigenvalue weighted by Gasteiger charge is -2.32. The van der Waals surface area contributed by atoms with Crippen LogP contribution in [0.3, 0.4) is 0 Å². The molecule has 0 aromatic heterocycles. The maximum absolute atomic E-state index is 13.0. The van der Waals surface area contributed by atoms with Crippen LogP contribution in [0.4, 0.5) is 5.69 Å². The van der Waals surface area contributed by atoms with Crippen LogP contribution in [0.15, 0.2) is 53.4 Å². The van der Waals surface area contributed by atoms with Crippen molar-refractivity contribution in [2.45, 2.75) is 24.3 Å². The Morgan fingerprint density at radius 3 is 2.74 bits per heavy atom. The Morgan fingerprint density at radius 1 is 1.11 bits per heavy atom. The second-order valence-electron chi connectivity index (χ2n) is 6.90. The van der Waals surface area contributed by atoms with Gasteiger partial charge < -0.3 is 9.64 Å². The van der Waals surface area contributed by atoms with Crippen LogP contribution in [0.25, 0.3) is 0 Å². The van der Waals surface area contributed by atoms with Gasteiger partial charge in [-0.15, -0.1) is 0 Å². The molecule has 0 radical (unpaired) electrons. The van der Waals surface area contributed by atoms with Gasteiger partial charge in [-0.1, -0.05) is 24.3 Å². The Labute approximate surface area is 159 Å². The molecule has 1 unspecified atom stereocenters. The third kappa shape index (κ3) is 3.26. The van der Waals surface area contributed by atoms with Crippen molar-refractivity contribution in [3.05, 3.63) is 59.7 Å². The van der Waals surface area contributed by atoms with E-state index in [1.807, 2.05) is 31.2 Å². The molecular weight excluding hydrogens is 364 g/mol. The number of anilines is 1. The number of carbonyl (C=O) groups is 1. The van der Waals surface area contributed by atoms with Crippen LogP contribution in [0.5, 0.6) is 0 Å². The first-order chi connectivity index (χ1) is 13.0. The molecule has 2 aromatic rings. The van der Waals surface area contributed by atoms with Gasteiger partial charge >= 0.3 is 0 Å². The highest BCUT2D eigenvalue weighted by Crippen LogP contribution is 2.29. The summed E-state index contributed by atoms with van der Waals surface area (Å²) in [6, 6.07) is 13.9.